The van der Waals surface area contributed by atoms with Gasteiger partial charge in [0.15, 0.2) is 5.67 Å². The van der Waals surface area contributed by atoms with Crippen LogP contribution in [0.15, 0.2) is 12.1 Å². The lowest BCUT2D eigenvalue weighted by Crippen LogP contribution is -2.32. The van der Waals surface area contributed by atoms with E-state index in [2.05, 4.69) is 0 Å². The summed E-state index contributed by atoms with van der Waals surface area (Å²) in [6.07, 6.45) is -0.0548. The smallest absolute Gasteiger partial charge is 0.153 e. The minimum Gasteiger partial charge on any atom is -0.327 e. The van der Waals surface area contributed by atoms with E-state index in [1.807, 2.05) is 0 Å². The van der Waals surface area contributed by atoms with Gasteiger partial charge in [0, 0.05) is 6.54 Å². The van der Waals surface area contributed by atoms with Crippen LogP contribution < -0.4 is 5.73 Å². The quantitative estimate of drug-likeness (QED) is 0.827. The first-order chi connectivity index (χ1) is 6.96. The van der Waals surface area contributed by atoms with Crippen LogP contribution in [0.1, 0.15) is 24.5 Å². The molecule has 0 aliphatic carbocycles. The van der Waals surface area contributed by atoms with Crippen molar-refractivity contribution >= 4 is 0 Å². The van der Waals surface area contributed by atoms with Crippen LogP contribution in [0, 0.1) is 18.6 Å². The number of hydrogen-bond donors (Lipinski definition) is 1. The van der Waals surface area contributed by atoms with Gasteiger partial charge in [-0.3, -0.25) is 0 Å². The van der Waals surface area contributed by atoms with E-state index in [-0.39, 0.29) is 12.0 Å². The normalized spacial score (nSPS) is 15.1. The summed E-state index contributed by atoms with van der Waals surface area (Å²) < 4.78 is 41.0. The lowest BCUT2D eigenvalue weighted by molar-refractivity contribution is 0.156. The van der Waals surface area contributed by atoms with E-state index in [0.717, 1.165) is 6.07 Å². The fourth-order valence-corrected chi connectivity index (χ4v) is 1.49. The average Bonchev–Trinajstić information content (AvgIpc) is 2.23. The summed E-state index contributed by atoms with van der Waals surface area (Å²) in [7, 11) is 0. The van der Waals surface area contributed by atoms with Gasteiger partial charge in [0.25, 0.3) is 0 Å². The second-order valence-corrected chi connectivity index (χ2v) is 3.58. The highest BCUT2D eigenvalue weighted by Crippen LogP contribution is 2.33. The van der Waals surface area contributed by atoms with Gasteiger partial charge in [0.2, 0.25) is 0 Å². The van der Waals surface area contributed by atoms with E-state index < -0.39 is 29.4 Å². The molecule has 1 unspecified atom stereocenters. The van der Waals surface area contributed by atoms with Crippen LogP contribution in [0.3, 0.4) is 0 Å². The van der Waals surface area contributed by atoms with Gasteiger partial charge in [-0.15, -0.1) is 0 Å². The lowest BCUT2D eigenvalue weighted by atomic mass is 9.91. The third kappa shape index (κ3) is 2.00. The van der Waals surface area contributed by atoms with Gasteiger partial charge in [-0.1, -0.05) is 13.0 Å². The van der Waals surface area contributed by atoms with Crippen LogP contribution in [-0.4, -0.2) is 6.54 Å². The molecule has 1 aromatic rings. The molecule has 0 bridgehead atoms. The monoisotopic (exact) mass is 217 g/mol. The van der Waals surface area contributed by atoms with Crippen molar-refractivity contribution in [3.05, 3.63) is 34.9 Å². The number of benzene rings is 1. The first-order valence-corrected chi connectivity index (χ1v) is 4.80. The van der Waals surface area contributed by atoms with Crippen LogP contribution in [-0.2, 0) is 5.67 Å². The van der Waals surface area contributed by atoms with Crippen molar-refractivity contribution in [2.24, 2.45) is 5.73 Å². The molecule has 0 heterocycles. The third-order valence-electron chi connectivity index (χ3n) is 2.62. The highest BCUT2D eigenvalue weighted by atomic mass is 19.2. The number of nitrogens with two attached hydrogens (primary N) is 1. The van der Waals surface area contributed by atoms with E-state index in [9.17, 15) is 13.2 Å². The Bertz CT molecular complexity index is 359. The summed E-state index contributed by atoms with van der Waals surface area (Å²) >= 11 is 0. The van der Waals surface area contributed by atoms with Gasteiger partial charge >= 0.3 is 0 Å². The summed E-state index contributed by atoms with van der Waals surface area (Å²) in [5.74, 6) is -1.72. The molecule has 84 valence electrons. The molecule has 0 radical (unpaired) electrons. The molecule has 0 spiro atoms. The Morgan fingerprint density at radius 3 is 2.40 bits per heavy atom. The zero-order valence-corrected chi connectivity index (χ0v) is 8.78. The molecule has 2 N–H and O–H groups in total. The standard InChI is InChI=1S/C11H14F3N/c1-3-11(14,6-15)9-8(12)5-4-7(2)10(9)13/h4-5H,3,6,15H2,1-2H3. The molecular formula is C11H14F3N. The topological polar surface area (TPSA) is 26.0 Å². The fraction of sp³-hybridized carbons (Fsp3) is 0.455. The number of halogens is 3. The zero-order chi connectivity index (χ0) is 11.6. The molecule has 0 aliphatic rings. The Labute approximate surface area is 87.1 Å². The second kappa shape index (κ2) is 4.23. The van der Waals surface area contributed by atoms with Crippen molar-refractivity contribution in [1.82, 2.24) is 0 Å². The fourth-order valence-electron chi connectivity index (χ4n) is 1.49. The molecule has 1 rings (SSSR count). The van der Waals surface area contributed by atoms with Crippen molar-refractivity contribution in [1.29, 1.82) is 0 Å². The largest absolute Gasteiger partial charge is 0.327 e. The van der Waals surface area contributed by atoms with Gasteiger partial charge in [-0.25, -0.2) is 13.2 Å². The van der Waals surface area contributed by atoms with E-state index in [4.69, 9.17) is 5.73 Å². The van der Waals surface area contributed by atoms with E-state index in [1.54, 1.807) is 0 Å². The molecule has 1 atom stereocenters. The minimum atomic E-state index is -2.12. The Morgan fingerprint density at radius 2 is 1.93 bits per heavy atom. The molecule has 0 saturated heterocycles. The molecule has 0 amide bonds. The molecule has 15 heavy (non-hydrogen) atoms. The Hall–Kier alpha value is -1.03. The van der Waals surface area contributed by atoms with Crippen molar-refractivity contribution < 1.29 is 13.2 Å². The van der Waals surface area contributed by atoms with Crippen molar-refractivity contribution in [2.75, 3.05) is 6.54 Å². The van der Waals surface area contributed by atoms with Crippen LogP contribution in [0.2, 0.25) is 0 Å². The number of rotatable bonds is 3. The Morgan fingerprint density at radius 1 is 1.33 bits per heavy atom. The summed E-state index contributed by atoms with van der Waals surface area (Å²) in [6.45, 7) is 2.54. The van der Waals surface area contributed by atoms with Crippen LogP contribution in [0.4, 0.5) is 13.2 Å². The SMILES string of the molecule is CCC(F)(CN)c1c(F)ccc(C)c1F. The number of aryl methyl sites for hydroxylation is 1. The van der Waals surface area contributed by atoms with Gasteiger partial charge in [-0.2, -0.15) is 0 Å². The summed E-state index contributed by atoms with van der Waals surface area (Å²) in [4.78, 5) is 0. The first-order valence-electron chi connectivity index (χ1n) is 4.80. The highest BCUT2D eigenvalue weighted by molar-refractivity contribution is 5.31. The van der Waals surface area contributed by atoms with Gasteiger partial charge < -0.3 is 5.73 Å². The van der Waals surface area contributed by atoms with Crippen molar-refractivity contribution in [3.8, 4) is 0 Å². The predicted molar refractivity (Wildman–Crippen MR) is 53.2 cm³/mol. The minimum absolute atomic E-state index is 0.0548. The lowest BCUT2D eigenvalue weighted by Gasteiger charge is -2.24. The maximum absolute atomic E-state index is 14.1. The Balaban J connectivity index is 3.41. The molecule has 0 fully saturated rings. The van der Waals surface area contributed by atoms with Crippen LogP contribution >= 0.6 is 0 Å². The van der Waals surface area contributed by atoms with Crippen LogP contribution in [0.5, 0.6) is 0 Å². The second-order valence-electron chi connectivity index (χ2n) is 3.58. The summed E-state index contributed by atoms with van der Waals surface area (Å²) in [5.41, 5.74) is 2.77. The predicted octanol–water partition coefficient (Wildman–Crippen LogP) is 2.81. The molecule has 1 aromatic carbocycles. The molecule has 0 aliphatic heterocycles. The van der Waals surface area contributed by atoms with Gasteiger partial charge in [0.1, 0.15) is 11.6 Å². The third-order valence-corrected chi connectivity index (χ3v) is 2.62. The van der Waals surface area contributed by atoms with Crippen molar-refractivity contribution in [3.63, 3.8) is 0 Å². The Kier molecular flexibility index (Phi) is 3.39. The highest BCUT2D eigenvalue weighted by Gasteiger charge is 2.34. The summed E-state index contributed by atoms with van der Waals surface area (Å²) in [6, 6.07) is 2.34. The first kappa shape index (κ1) is 12.0. The molecule has 0 saturated carbocycles. The van der Waals surface area contributed by atoms with E-state index in [1.165, 1.54) is 19.9 Å². The molecule has 1 nitrogen and oxygen atoms in total. The maximum Gasteiger partial charge on any atom is 0.153 e. The average molecular weight is 217 g/mol. The number of alkyl halides is 1. The van der Waals surface area contributed by atoms with Gasteiger partial charge in [-0.05, 0) is 25.0 Å². The van der Waals surface area contributed by atoms with E-state index in [0.29, 0.717) is 0 Å². The molecular weight excluding hydrogens is 203 g/mol. The van der Waals surface area contributed by atoms with Gasteiger partial charge in [0.05, 0.1) is 5.56 Å². The van der Waals surface area contributed by atoms with Crippen molar-refractivity contribution in [2.45, 2.75) is 25.9 Å². The summed E-state index contributed by atoms with van der Waals surface area (Å²) in [5, 5.41) is 0. The van der Waals surface area contributed by atoms with Crippen LogP contribution in [0.25, 0.3) is 0 Å². The molecule has 4 heteroatoms. The van der Waals surface area contributed by atoms with E-state index >= 15 is 0 Å². The maximum atomic E-state index is 14.1. The molecule has 0 aromatic heterocycles. The zero-order valence-electron chi connectivity index (χ0n) is 8.78. The number of hydrogen-bond acceptors (Lipinski definition) is 1.